The van der Waals surface area contributed by atoms with E-state index in [0.29, 0.717) is 0 Å². The molecule has 0 heterocycles. The first-order chi connectivity index (χ1) is 8.35. The highest BCUT2D eigenvalue weighted by atomic mass is 16.6. The molecule has 0 aliphatic rings. The highest BCUT2D eigenvalue weighted by molar-refractivity contribution is 5.53. The van der Waals surface area contributed by atoms with Crippen LogP contribution >= 0.6 is 0 Å². The Labute approximate surface area is 110 Å². The number of carboxylic acid groups (broad SMARTS) is 2. The normalized spacial score (nSPS) is 11.8. The molecule has 6 N–H and O–H groups in total. The molecule has 108 valence electrons. The smallest absolute Gasteiger partial charge is 0.450 e. The Bertz CT molecular complexity index is 207. The fourth-order valence-electron chi connectivity index (χ4n) is 0.981. The van der Waals surface area contributed by atoms with Crippen molar-refractivity contribution in [2.24, 2.45) is 17.4 Å². The average Bonchev–Trinajstić information content (AvgIpc) is 2.30. The first kappa shape index (κ1) is 21.9. The van der Waals surface area contributed by atoms with E-state index < -0.39 is 6.16 Å². The Morgan fingerprint density at radius 2 is 1.78 bits per heavy atom. The van der Waals surface area contributed by atoms with Crippen LogP contribution in [0, 0.1) is 17.2 Å². The van der Waals surface area contributed by atoms with Gasteiger partial charge in [0.15, 0.2) is 0 Å². The van der Waals surface area contributed by atoms with E-state index in [1.54, 1.807) is 13.0 Å². The molecule has 0 saturated carbocycles. The second-order valence-electron chi connectivity index (χ2n) is 3.85. The summed E-state index contributed by atoms with van der Waals surface area (Å²) in [6, 6.07) is 1.50. The summed E-state index contributed by atoms with van der Waals surface area (Å²) >= 11 is 0. The van der Waals surface area contributed by atoms with Gasteiger partial charge in [-0.15, -0.1) is 0 Å². The van der Waals surface area contributed by atoms with Gasteiger partial charge in [0.25, 0.3) is 0 Å². The van der Waals surface area contributed by atoms with Crippen LogP contribution in [0.3, 0.4) is 0 Å². The summed E-state index contributed by atoms with van der Waals surface area (Å²) in [5.74, 6) is 0.782. The lowest BCUT2D eigenvalue weighted by atomic mass is 10.00. The highest BCUT2D eigenvalue weighted by Gasteiger charge is 2.00. The van der Waals surface area contributed by atoms with Gasteiger partial charge in [0, 0.05) is 0 Å². The molecule has 0 rings (SSSR count). The molecule has 0 fully saturated rings. The fourth-order valence-corrected chi connectivity index (χ4v) is 0.981. The maximum Gasteiger partial charge on any atom is 0.503 e. The zero-order valence-electron chi connectivity index (χ0n) is 11.6. The van der Waals surface area contributed by atoms with Crippen molar-refractivity contribution in [3.05, 3.63) is 0 Å². The van der Waals surface area contributed by atoms with Gasteiger partial charge in [-0.25, -0.2) is 4.79 Å². The first-order valence-corrected chi connectivity index (χ1v) is 6.12. The van der Waals surface area contributed by atoms with E-state index in [1.807, 2.05) is 0 Å². The molecule has 0 amide bonds. The monoisotopic (exact) mass is 261 g/mol. The molecular weight excluding hydrogens is 234 g/mol. The summed E-state index contributed by atoms with van der Waals surface area (Å²) in [5, 5.41) is 21.7. The summed E-state index contributed by atoms with van der Waals surface area (Å²) in [7, 11) is 0. The summed E-state index contributed by atoms with van der Waals surface area (Å²) < 4.78 is 0. The zero-order chi connectivity index (χ0) is 15.0. The minimum atomic E-state index is -1.83. The van der Waals surface area contributed by atoms with Crippen LogP contribution in [0.1, 0.15) is 46.5 Å². The maximum absolute atomic E-state index is 8.56. The van der Waals surface area contributed by atoms with E-state index in [0.717, 1.165) is 12.5 Å². The number of rotatable bonds is 5. The SMILES string of the molecule is CC(N)C#N.CCCCC(CC)CN.O=C(O)O. The number of nitriles is 1. The van der Waals surface area contributed by atoms with Crippen LogP contribution in [-0.2, 0) is 0 Å². The van der Waals surface area contributed by atoms with Gasteiger partial charge in [0.2, 0.25) is 0 Å². The van der Waals surface area contributed by atoms with E-state index in [2.05, 4.69) is 13.8 Å². The highest BCUT2D eigenvalue weighted by Crippen LogP contribution is 2.09. The molecule has 0 saturated heterocycles. The third-order valence-corrected chi connectivity index (χ3v) is 2.08. The molecule has 2 unspecified atom stereocenters. The molecule has 6 nitrogen and oxygen atoms in total. The number of hydrogen-bond acceptors (Lipinski definition) is 4. The van der Waals surface area contributed by atoms with E-state index in [4.69, 9.17) is 31.7 Å². The van der Waals surface area contributed by atoms with E-state index >= 15 is 0 Å². The van der Waals surface area contributed by atoms with Gasteiger partial charge in [-0.1, -0.05) is 33.1 Å². The molecule has 0 bridgehead atoms. The Balaban J connectivity index is -0.000000212. The average molecular weight is 261 g/mol. The number of nitrogens with two attached hydrogens (primary N) is 2. The molecule has 0 aliphatic heterocycles. The number of nitrogens with zero attached hydrogens (tertiary/aromatic N) is 1. The molecule has 0 spiro atoms. The molecule has 0 radical (unpaired) electrons. The molecule has 0 aromatic rings. The molecule has 18 heavy (non-hydrogen) atoms. The quantitative estimate of drug-likeness (QED) is 0.599. The molecular formula is C12H27N3O3. The van der Waals surface area contributed by atoms with Gasteiger partial charge >= 0.3 is 6.16 Å². The second kappa shape index (κ2) is 18.1. The third-order valence-electron chi connectivity index (χ3n) is 2.08. The lowest BCUT2D eigenvalue weighted by molar-refractivity contribution is 0.137. The Kier molecular flexibility index (Phi) is 22.0. The van der Waals surface area contributed by atoms with Gasteiger partial charge in [-0.05, 0) is 25.8 Å². The fraction of sp³-hybridized carbons (Fsp3) is 0.833. The van der Waals surface area contributed by atoms with Crippen molar-refractivity contribution in [3.8, 4) is 6.07 Å². The second-order valence-corrected chi connectivity index (χ2v) is 3.85. The van der Waals surface area contributed by atoms with Crippen LogP contribution < -0.4 is 11.5 Å². The van der Waals surface area contributed by atoms with Crippen molar-refractivity contribution in [1.29, 1.82) is 5.26 Å². The maximum atomic E-state index is 8.56. The van der Waals surface area contributed by atoms with Crippen LogP contribution in [0.15, 0.2) is 0 Å². The van der Waals surface area contributed by atoms with Gasteiger partial charge in [-0.3, -0.25) is 0 Å². The van der Waals surface area contributed by atoms with Gasteiger partial charge in [0.05, 0.1) is 12.1 Å². The van der Waals surface area contributed by atoms with Crippen molar-refractivity contribution >= 4 is 6.16 Å². The third kappa shape index (κ3) is 36.5. The summed E-state index contributed by atoms with van der Waals surface area (Å²) in [6.45, 7) is 6.95. The molecule has 0 aliphatic carbocycles. The zero-order valence-corrected chi connectivity index (χ0v) is 11.6. The molecule has 0 aromatic carbocycles. The lowest BCUT2D eigenvalue weighted by Crippen LogP contribution is -2.12. The Morgan fingerprint density at radius 1 is 1.39 bits per heavy atom. The van der Waals surface area contributed by atoms with Gasteiger partial charge < -0.3 is 21.7 Å². The predicted molar refractivity (Wildman–Crippen MR) is 72.3 cm³/mol. The van der Waals surface area contributed by atoms with Gasteiger partial charge in [-0.2, -0.15) is 5.26 Å². The summed E-state index contributed by atoms with van der Waals surface area (Å²) in [5.41, 5.74) is 10.5. The predicted octanol–water partition coefficient (Wildman–Crippen LogP) is 2.24. The Hall–Kier alpha value is -1.32. The minimum Gasteiger partial charge on any atom is -0.450 e. The standard InChI is InChI=1S/C8H19N.C3H6N2.CH2O3/c1-3-5-6-8(4-2)7-9;1-3(5)2-4;2-1(3)4/h8H,3-7,9H2,1-2H3;3H,5H2,1H3;(H2,2,3,4). The van der Waals surface area contributed by atoms with Crippen molar-refractivity contribution < 1.29 is 15.0 Å². The van der Waals surface area contributed by atoms with E-state index in [1.165, 1.54) is 25.7 Å². The molecule has 6 heteroatoms. The van der Waals surface area contributed by atoms with E-state index in [9.17, 15) is 0 Å². The van der Waals surface area contributed by atoms with Crippen molar-refractivity contribution in [2.75, 3.05) is 6.54 Å². The molecule has 0 aromatic heterocycles. The summed E-state index contributed by atoms with van der Waals surface area (Å²) in [4.78, 5) is 8.56. The van der Waals surface area contributed by atoms with Crippen molar-refractivity contribution in [3.63, 3.8) is 0 Å². The van der Waals surface area contributed by atoms with Crippen LogP contribution in [0.2, 0.25) is 0 Å². The van der Waals surface area contributed by atoms with Crippen LogP contribution in [0.25, 0.3) is 0 Å². The summed E-state index contributed by atoms with van der Waals surface area (Å²) in [6.07, 6.45) is 3.38. The van der Waals surface area contributed by atoms with Crippen molar-refractivity contribution in [2.45, 2.75) is 52.5 Å². The van der Waals surface area contributed by atoms with Crippen molar-refractivity contribution in [1.82, 2.24) is 0 Å². The van der Waals surface area contributed by atoms with E-state index in [-0.39, 0.29) is 6.04 Å². The van der Waals surface area contributed by atoms with Gasteiger partial charge in [0.1, 0.15) is 0 Å². The minimum absolute atomic E-state index is 0.310. The Morgan fingerprint density at radius 3 is 1.94 bits per heavy atom. The number of unbranched alkanes of at least 4 members (excludes halogenated alkanes) is 1. The lowest BCUT2D eigenvalue weighted by Gasteiger charge is -2.09. The van der Waals surface area contributed by atoms with Crippen LogP contribution in [0.4, 0.5) is 4.79 Å². The molecule has 2 atom stereocenters. The number of hydrogen-bond donors (Lipinski definition) is 4. The largest absolute Gasteiger partial charge is 0.503 e. The van der Waals surface area contributed by atoms with Crippen LogP contribution in [-0.4, -0.2) is 29.0 Å². The topological polar surface area (TPSA) is 133 Å². The number of carbonyl (C=O) groups is 1. The first-order valence-electron chi connectivity index (χ1n) is 6.12. The van der Waals surface area contributed by atoms with Crippen LogP contribution in [0.5, 0.6) is 0 Å².